The van der Waals surface area contributed by atoms with Crippen molar-refractivity contribution in [2.45, 2.75) is 62.4 Å². The summed E-state index contributed by atoms with van der Waals surface area (Å²) in [6, 6.07) is 4.44. The second-order valence-corrected chi connectivity index (χ2v) is 8.74. The number of allylic oxidation sites excluding steroid dienone is 1. The van der Waals surface area contributed by atoms with Crippen molar-refractivity contribution >= 4 is 17.5 Å². The molecule has 0 saturated heterocycles. The summed E-state index contributed by atoms with van der Waals surface area (Å²) in [5.41, 5.74) is 0.501. The van der Waals surface area contributed by atoms with E-state index in [4.69, 9.17) is 16.3 Å². The minimum absolute atomic E-state index is 0.0132. The summed E-state index contributed by atoms with van der Waals surface area (Å²) in [5, 5.41) is 20.1. The number of halogens is 2. The van der Waals surface area contributed by atoms with Crippen LogP contribution < -0.4 is 20.7 Å². The van der Waals surface area contributed by atoms with Gasteiger partial charge in [0.2, 0.25) is 0 Å². The number of aliphatic hydroxyl groups is 1. The molecule has 4 N–H and O–H groups in total. The SMILES string of the molecule is CC1CCC=C(C(O)NC23CC(NC(=O)COc4ccc(Cl)c(F)c4)(C2)C3)N1. The highest BCUT2D eigenvalue weighted by molar-refractivity contribution is 6.30. The molecule has 28 heavy (non-hydrogen) atoms. The third-order valence-electron chi connectivity index (χ3n) is 5.81. The normalized spacial score (nSPS) is 31.6. The summed E-state index contributed by atoms with van der Waals surface area (Å²) in [7, 11) is 0. The average molecular weight is 410 g/mol. The molecule has 0 radical (unpaired) electrons. The van der Waals surface area contributed by atoms with Crippen molar-refractivity contribution in [3.8, 4) is 5.75 Å². The predicted octanol–water partition coefficient (Wildman–Crippen LogP) is 2.21. The average Bonchev–Trinajstić information content (AvgIpc) is 2.59. The lowest BCUT2D eigenvalue weighted by molar-refractivity contribution is -0.149. The first-order chi connectivity index (χ1) is 13.3. The maximum absolute atomic E-state index is 13.4. The lowest BCUT2D eigenvalue weighted by Gasteiger charge is -2.71. The lowest BCUT2D eigenvalue weighted by atomic mass is 9.44. The molecule has 1 aromatic rings. The summed E-state index contributed by atoms with van der Waals surface area (Å²) in [5.74, 6) is -0.560. The molecule has 1 aromatic carbocycles. The van der Waals surface area contributed by atoms with Gasteiger partial charge < -0.3 is 20.5 Å². The van der Waals surface area contributed by atoms with Crippen LogP contribution in [-0.4, -0.2) is 41.0 Å². The van der Waals surface area contributed by atoms with Gasteiger partial charge in [-0.05, 0) is 51.2 Å². The maximum atomic E-state index is 13.4. The van der Waals surface area contributed by atoms with Crippen LogP contribution in [0.3, 0.4) is 0 Å². The van der Waals surface area contributed by atoms with E-state index in [2.05, 4.69) is 22.9 Å². The Morgan fingerprint density at radius 2 is 2.18 bits per heavy atom. The Labute approximate surface area is 168 Å². The Hall–Kier alpha value is -1.83. The van der Waals surface area contributed by atoms with Crippen LogP contribution in [0, 0.1) is 5.82 Å². The highest BCUT2D eigenvalue weighted by atomic mass is 35.5. The van der Waals surface area contributed by atoms with Crippen molar-refractivity contribution in [3.05, 3.63) is 40.8 Å². The molecular formula is C20H25ClFN3O3. The monoisotopic (exact) mass is 409 g/mol. The number of ether oxygens (including phenoxy) is 1. The van der Waals surface area contributed by atoms with Gasteiger partial charge in [0.15, 0.2) is 6.61 Å². The van der Waals surface area contributed by atoms with Crippen LogP contribution in [0.15, 0.2) is 30.0 Å². The van der Waals surface area contributed by atoms with Gasteiger partial charge in [0.05, 0.1) is 10.7 Å². The highest BCUT2D eigenvalue weighted by Gasteiger charge is 2.69. The van der Waals surface area contributed by atoms with E-state index in [1.54, 1.807) is 0 Å². The van der Waals surface area contributed by atoms with Crippen molar-refractivity contribution in [3.63, 3.8) is 0 Å². The van der Waals surface area contributed by atoms with Gasteiger partial charge in [0.1, 0.15) is 17.8 Å². The molecule has 0 spiro atoms. The maximum Gasteiger partial charge on any atom is 0.258 e. The van der Waals surface area contributed by atoms with Crippen molar-refractivity contribution < 1.29 is 19.0 Å². The van der Waals surface area contributed by atoms with Gasteiger partial charge in [-0.3, -0.25) is 10.1 Å². The molecule has 2 unspecified atom stereocenters. The van der Waals surface area contributed by atoms with Crippen LogP contribution in [-0.2, 0) is 4.79 Å². The van der Waals surface area contributed by atoms with Crippen LogP contribution in [0.5, 0.6) is 5.75 Å². The molecule has 5 rings (SSSR count). The van der Waals surface area contributed by atoms with Crippen molar-refractivity contribution in [1.29, 1.82) is 0 Å². The van der Waals surface area contributed by atoms with Gasteiger partial charge in [-0.15, -0.1) is 0 Å². The van der Waals surface area contributed by atoms with Crippen LogP contribution in [0.2, 0.25) is 5.02 Å². The summed E-state index contributed by atoms with van der Waals surface area (Å²) >= 11 is 5.63. The van der Waals surface area contributed by atoms with Gasteiger partial charge in [0, 0.05) is 23.2 Å². The molecular weight excluding hydrogens is 385 g/mol. The molecule has 0 aromatic heterocycles. The zero-order valence-corrected chi connectivity index (χ0v) is 16.5. The third kappa shape index (κ3) is 3.83. The van der Waals surface area contributed by atoms with Gasteiger partial charge in [0.25, 0.3) is 5.91 Å². The number of hydrogen-bond acceptors (Lipinski definition) is 5. The van der Waals surface area contributed by atoms with Crippen LogP contribution >= 0.6 is 11.6 Å². The molecule has 1 heterocycles. The molecule has 152 valence electrons. The fourth-order valence-electron chi connectivity index (χ4n) is 4.58. The van der Waals surface area contributed by atoms with Crippen LogP contribution in [0.1, 0.15) is 39.0 Å². The topological polar surface area (TPSA) is 82.6 Å². The first-order valence-corrected chi connectivity index (χ1v) is 9.97. The number of aliphatic hydroxyl groups excluding tert-OH is 1. The number of benzene rings is 1. The van der Waals surface area contributed by atoms with E-state index < -0.39 is 12.0 Å². The zero-order chi connectivity index (χ0) is 19.9. The van der Waals surface area contributed by atoms with E-state index in [-0.39, 0.29) is 34.4 Å². The summed E-state index contributed by atoms with van der Waals surface area (Å²) in [4.78, 5) is 12.2. The number of amides is 1. The fraction of sp³-hybridized carbons (Fsp3) is 0.550. The third-order valence-corrected chi connectivity index (χ3v) is 6.12. The first-order valence-electron chi connectivity index (χ1n) is 9.59. The number of hydrogen-bond donors (Lipinski definition) is 4. The molecule has 1 amide bonds. The number of nitrogens with one attached hydrogen (secondary N) is 3. The number of carbonyl (C=O) groups excluding carboxylic acids is 1. The Morgan fingerprint density at radius 1 is 1.43 bits per heavy atom. The lowest BCUT2D eigenvalue weighted by Crippen LogP contribution is -2.84. The molecule has 3 aliphatic carbocycles. The fourth-order valence-corrected chi connectivity index (χ4v) is 4.70. The van der Waals surface area contributed by atoms with Crippen molar-refractivity contribution in [2.75, 3.05) is 6.61 Å². The van der Waals surface area contributed by atoms with Gasteiger partial charge >= 0.3 is 0 Å². The molecule has 3 saturated carbocycles. The Bertz CT molecular complexity index is 796. The molecule has 6 nitrogen and oxygen atoms in total. The summed E-state index contributed by atoms with van der Waals surface area (Å²) in [6.07, 6.45) is 5.70. The Morgan fingerprint density at radius 3 is 2.86 bits per heavy atom. The molecule has 2 atom stereocenters. The predicted molar refractivity (Wildman–Crippen MR) is 103 cm³/mol. The van der Waals surface area contributed by atoms with E-state index >= 15 is 0 Å². The highest BCUT2D eigenvalue weighted by Crippen LogP contribution is 2.60. The quantitative estimate of drug-likeness (QED) is 0.519. The van der Waals surface area contributed by atoms with E-state index in [1.807, 2.05) is 6.08 Å². The van der Waals surface area contributed by atoms with Gasteiger partial charge in [-0.1, -0.05) is 17.7 Å². The second kappa shape index (κ2) is 7.21. The van der Waals surface area contributed by atoms with E-state index in [0.29, 0.717) is 6.04 Å². The Balaban J connectivity index is 1.21. The zero-order valence-electron chi connectivity index (χ0n) is 15.7. The van der Waals surface area contributed by atoms with E-state index in [1.165, 1.54) is 12.1 Å². The van der Waals surface area contributed by atoms with Crippen LogP contribution in [0.4, 0.5) is 4.39 Å². The first kappa shape index (κ1) is 19.5. The van der Waals surface area contributed by atoms with E-state index in [9.17, 15) is 14.3 Å². The number of carbonyl (C=O) groups is 1. The van der Waals surface area contributed by atoms with Crippen molar-refractivity contribution in [2.24, 2.45) is 0 Å². The number of rotatable bonds is 7. The molecule has 8 heteroatoms. The summed E-state index contributed by atoms with van der Waals surface area (Å²) in [6.45, 7) is 1.92. The minimum Gasteiger partial charge on any atom is -0.484 e. The molecule has 1 aliphatic heterocycles. The Kier molecular flexibility index (Phi) is 5.02. The minimum atomic E-state index is -0.708. The van der Waals surface area contributed by atoms with Crippen LogP contribution in [0.25, 0.3) is 0 Å². The van der Waals surface area contributed by atoms with Gasteiger partial charge in [-0.2, -0.15) is 0 Å². The second-order valence-electron chi connectivity index (χ2n) is 8.33. The molecule has 4 aliphatic rings. The summed E-state index contributed by atoms with van der Waals surface area (Å²) < 4.78 is 18.7. The van der Waals surface area contributed by atoms with Crippen molar-refractivity contribution in [1.82, 2.24) is 16.0 Å². The molecule has 2 bridgehead atoms. The smallest absolute Gasteiger partial charge is 0.258 e. The van der Waals surface area contributed by atoms with E-state index in [0.717, 1.165) is 43.9 Å². The standard InChI is InChI=1S/C20H25ClFN3O3/c1-12-3-2-4-16(23-12)18(27)25-20-9-19(10-20,11-20)24-17(26)8-28-13-5-6-14(21)15(22)7-13/h4-7,12,18,23,25,27H,2-3,8-11H2,1H3,(H,24,26). The van der Waals surface area contributed by atoms with Gasteiger partial charge in [-0.25, -0.2) is 4.39 Å². The molecule has 3 fully saturated rings. The largest absolute Gasteiger partial charge is 0.484 e.